The molecule has 0 radical (unpaired) electrons. The maximum Gasteiger partial charge on any atom is 0.217 e. The lowest BCUT2D eigenvalue weighted by Gasteiger charge is -2.21. The van der Waals surface area contributed by atoms with Gasteiger partial charge in [-0.05, 0) is 37.6 Å². The quantitative estimate of drug-likeness (QED) is 0.823. The molecule has 0 aromatic heterocycles. The summed E-state index contributed by atoms with van der Waals surface area (Å²) < 4.78 is 37.0. The number of ether oxygens (including phenoxy) is 2. The summed E-state index contributed by atoms with van der Waals surface area (Å²) >= 11 is 0. The fourth-order valence-corrected chi connectivity index (χ4v) is 3.56. The Morgan fingerprint density at radius 3 is 2.81 bits per heavy atom. The van der Waals surface area contributed by atoms with Gasteiger partial charge in [-0.2, -0.15) is 4.31 Å². The highest BCUT2D eigenvalue weighted by Crippen LogP contribution is 2.14. The summed E-state index contributed by atoms with van der Waals surface area (Å²) in [5.41, 5.74) is 6.23. The van der Waals surface area contributed by atoms with Gasteiger partial charge >= 0.3 is 0 Å². The van der Waals surface area contributed by atoms with Gasteiger partial charge in [0.15, 0.2) is 0 Å². The van der Waals surface area contributed by atoms with Crippen molar-refractivity contribution < 1.29 is 17.9 Å². The van der Waals surface area contributed by atoms with Crippen LogP contribution in [0.25, 0.3) is 0 Å². The van der Waals surface area contributed by atoms with Crippen LogP contribution in [0, 0.1) is 0 Å². The van der Waals surface area contributed by atoms with Gasteiger partial charge in [0, 0.05) is 25.4 Å². The van der Waals surface area contributed by atoms with Crippen molar-refractivity contribution in [2.75, 3.05) is 37.8 Å². The molecule has 21 heavy (non-hydrogen) atoms. The van der Waals surface area contributed by atoms with E-state index in [0.29, 0.717) is 31.1 Å². The van der Waals surface area contributed by atoms with Crippen LogP contribution in [-0.2, 0) is 14.8 Å². The molecule has 0 bridgehead atoms. The number of nitrogen functional groups attached to an aromatic ring is 1. The Labute approximate surface area is 125 Å². The average molecular weight is 314 g/mol. The van der Waals surface area contributed by atoms with E-state index >= 15 is 0 Å². The monoisotopic (exact) mass is 314 g/mol. The Balaban J connectivity index is 1.87. The van der Waals surface area contributed by atoms with Crippen LogP contribution in [0.5, 0.6) is 5.75 Å². The minimum Gasteiger partial charge on any atom is -0.492 e. The van der Waals surface area contributed by atoms with Gasteiger partial charge in [0.1, 0.15) is 12.4 Å². The fraction of sp³-hybridized carbons (Fsp3) is 0.571. The van der Waals surface area contributed by atoms with E-state index in [9.17, 15) is 8.42 Å². The highest BCUT2D eigenvalue weighted by molar-refractivity contribution is 7.89. The van der Waals surface area contributed by atoms with Gasteiger partial charge in [0.05, 0.1) is 11.9 Å². The van der Waals surface area contributed by atoms with E-state index in [2.05, 4.69) is 0 Å². The minimum absolute atomic E-state index is 0.0376. The molecule has 1 aliphatic rings. The Kier molecular flexibility index (Phi) is 5.44. The molecule has 1 fully saturated rings. The Bertz CT molecular complexity index is 545. The van der Waals surface area contributed by atoms with Gasteiger partial charge in [0.2, 0.25) is 10.0 Å². The number of rotatable bonds is 5. The van der Waals surface area contributed by atoms with E-state index in [1.165, 1.54) is 4.31 Å². The molecule has 0 amide bonds. The Morgan fingerprint density at radius 1 is 1.38 bits per heavy atom. The maximum absolute atomic E-state index is 12.3. The van der Waals surface area contributed by atoms with Crippen molar-refractivity contribution in [1.82, 2.24) is 4.31 Å². The van der Waals surface area contributed by atoms with Crippen LogP contribution in [0.3, 0.4) is 0 Å². The first-order valence-electron chi connectivity index (χ1n) is 7.05. The summed E-state index contributed by atoms with van der Waals surface area (Å²) in [7, 11) is -3.31. The molecule has 2 N–H and O–H groups in total. The maximum atomic E-state index is 12.3. The van der Waals surface area contributed by atoms with Crippen molar-refractivity contribution in [3.05, 3.63) is 24.3 Å². The number of hydrogen-bond acceptors (Lipinski definition) is 5. The zero-order valence-electron chi connectivity index (χ0n) is 12.2. The largest absolute Gasteiger partial charge is 0.492 e. The summed E-state index contributed by atoms with van der Waals surface area (Å²) in [6.45, 7) is 3.53. The number of hydrogen-bond donors (Lipinski definition) is 1. The van der Waals surface area contributed by atoms with Crippen LogP contribution >= 0.6 is 0 Å². The van der Waals surface area contributed by atoms with Gasteiger partial charge < -0.3 is 15.2 Å². The fourth-order valence-electron chi connectivity index (χ4n) is 2.17. The molecule has 6 nitrogen and oxygen atoms in total. The standard InChI is InChI=1S/C14H22N2O4S/c1-12-11-16(7-2-8-19-12)21(17,18)10-9-20-14-5-3-13(15)4-6-14/h3-6,12H,2,7-11,15H2,1H3. The first-order chi connectivity index (χ1) is 9.97. The molecule has 0 saturated carbocycles. The zero-order valence-corrected chi connectivity index (χ0v) is 13.0. The molecule has 1 saturated heterocycles. The number of nitrogens with zero attached hydrogens (tertiary/aromatic N) is 1. The minimum atomic E-state index is -3.31. The van der Waals surface area contributed by atoms with Crippen molar-refractivity contribution in [3.63, 3.8) is 0 Å². The van der Waals surface area contributed by atoms with Crippen LogP contribution in [0.1, 0.15) is 13.3 Å². The SMILES string of the molecule is CC1CN(S(=O)(=O)CCOc2ccc(N)cc2)CCCO1. The van der Waals surface area contributed by atoms with E-state index in [0.717, 1.165) is 6.42 Å². The Morgan fingerprint density at radius 2 is 2.10 bits per heavy atom. The molecular weight excluding hydrogens is 292 g/mol. The predicted octanol–water partition coefficient (Wildman–Crippen LogP) is 1.09. The van der Waals surface area contributed by atoms with Crippen molar-refractivity contribution >= 4 is 15.7 Å². The molecule has 2 rings (SSSR count). The molecule has 118 valence electrons. The van der Waals surface area contributed by atoms with Crippen molar-refractivity contribution in [2.24, 2.45) is 0 Å². The van der Waals surface area contributed by atoms with Gasteiger partial charge in [-0.15, -0.1) is 0 Å². The number of nitrogens with two attached hydrogens (primary N) is 1. The summed E-state index contributed by atoms with van der Waals surface area (Å²) in [6, 6.07) is 6.89. The van der Waals surface area contributed by atoms with E-state index in [1.807, 2.05) is 6.92 Å². The second-order valence-electron chi connectivity index (χ2n) is 5.13. The Hall–Kier alpha value is -1.31. The van der Waals surface area contributed by atoms with Crippen molar-refractivity contribution in [1.29, 1.82) is 0 Å². The third kappa shape index (κ3) is 4.87. The van der Waals surface area contributed by atoms with Crippen molar-refractivity contribution in [3.8, 4) is 5.75 Å². The topological polar surface area (TPSA) is 81.9 Å². The number of anilines is 1. The van der Waals surface area contributed by atoms with E-state index < -0.39 is 10.0 Å². The lowest BCUT2D eigenvalue weighted by molar-refractivity contribution is 0.0751. The predicted molar refractivity (Wildman–Crippen MR) is 81.7 cm³/mol. The van der Waals surface area contributed by atoms with Crippen LogP contribution in [0.2, 0.25) is 0 Å². The molecule has 1 aliphatic heterocycles. The van der Waals surface area contributed by atoms with E-state index in [-0.39, 0.29) is 18.5 Å². The third-order valence-electron chi connectivity index (χ3n) is 3.30. The van der Waals surface area contributed by atoms with Crippen LogP contribution in [0.15, 0.2) is 24.3 Å². The smallest absolute Gasteiger partial charge is 0.217 e. The highest BCUT2D eigenvalue weighted by atomic mass is 32.2. The summed E-state index contributed by atoms with van der Waals surface area (Å²) in [5.74, 6) is 0.580. The lowest BCUT2D eigenvalue weighted by Crippen LogP contribution is -2.38. The highest BCUT2D eigenvalue weighted by Gasteiger charge is 2.25. The van der Waals surface area contributed by atoms with Gasteiger partial charge in [-0.3, -0.25) is 0 Å². The van der Waals surface area contributed by atoms with Crippen LogP contribution < -0.4 is 10.5 Å². The molecule has 0 aliphatic carbocycles. The van der Waals surface area contributed by atoms with E-state index in [1.54, 1.807) is 24.3 Å². The van der Waals surface area contributed by atoms with Crippen LogP contribution in [0.4, 0.5) is 5.69 Å². The zero-order chi connectivity index (χ0) is 15.3. The number of benzene rings is 1. The van der Waals surface area contributed by atoms with Crippen LogP contribution in [-0.4, -0.2) is 50.9 Å². The first-order valence-corrected chi connectivity index (χ1v) is 8.66. The first kappa shape index (κ1) is 16.1. The van der Waals surface area contributed by atoms with Gasteiger partial charge in [0.25, 0.3) is 0 Å². The van der Waals surface area contributed by atoms with Crippen molar-refractivity contribution in [2.45, 2.75) is 19.4 Å². The third-order valence-corrected chi connectivity index (χ3v) is 5.10. The van der Waals surface area contributed by atoms with Gasteiger partial charge in [-0.25, -0.2) is 8.42 Å². The normalized spacial score (nSPS) is 20.9. The number of sulfonamides is 1. The summed E-state index contributed by atoms with van der Waals surface area (Å²) in [4.78, 5) is 0. The summed E-state index contributed by atoms with van der Waals surface area (Å²) in [6.07, 6.45) is 0.655. The molecular formula is C14H22N2O4S. The molecule has 7 heteroatoms. The molecule has 1 heterocycles. The van der Waals surface area contributed by atoms with E-state index in [4.69, 9.17) is 15.2 Å². The second kappa shape index (κ2) is 7.11. The molecule has 1 aromatic rings. The molecule has 0 spiro atoms. The van der Waals surface area contributed by atoms with Gasteiger partial charge in [-0.1, -0.05) is 0 Å². The second-order valence-corrected chi connectivity index (χ2v) is 7.21. The molecule has 1 atom stereocenters. The molecule has 1 aromatic carbocycles. The average Bonchev–Trinajstić information content (AvgIpc) is 2.66. The summed E-state index contributed by atoms with van der Waals surface area (Å²) in [5, 5.41) is 0. The lowest BCUT2D eigenvalue weighted by atomic mass is 10.3. The molecule has 1 unspecified atom stereocenters.